The van der Waals surface area contributed by atoms with Crippen molar-refractivity contribution in [2.45, 2.75) is 51.0 Å². The van der Waals surface area contributed by atoms with Crippen LogP contribution in [0.25, 0.3) is 0 Å². The predicted octanol–water partition coefficient (Wildman–Crippen LogP) is 2.02. The summed E-state index contributed by atoms with van der Waals surface area (Å²) in [6, 6.07) is 0. The highest BCUT2D eigenvalue weighted by Gasteiger charge is 2.47. The van der Waals surface area contributed by atoms with E-state index in [1.165, 1.54) is 32.1 Å². The molecule has 0 aromatic rings. The maximum atomic E-state index is 11.2. The molecule has 0 spiro atoms. The van der Waals surface area contributed by atoms with E-state index in [1.807, 2.05) is 0 Å². The van der Waals surface area contributed by atoms with Crippen molar-refractivity contribution in [2.24, 2.45) is 11.8 Å². The zero-order valence-corrected chi connectivity index (χ0v) is 9.46. The molecule has 0 amide bonds. The van der Waals surface area contributed by atoms with E-state index in [0.717, 1.165) is 13.0 Å². The van der Waals surface area contributed by atoms with E-state index >= 15 is 0 Å². The number of carbonyl (C=O) groups is 1. The van der Waals surface area contributed by atoms with Crippen LogP contribution in [0.3, 0.4) is 0 Å². The second-order valence-electron chi connectivity index (χ2n) is 5.22. The quantitative estimate of drug-likeness (QED) is 0.734. The van der Waals surface area contributed by atoms with Crippen molar-refractivity contribution in [2.75, 3.05) is 6.54 Å². The molecule has 1 saturated heterocycles. The Bertz CT molecular complexity index is 248. The maximum absolute atomic E-state index is 11.2. The summed E-state index contributed by atoms with van der Waals surface area (Å²) in [5, 5.41) is 12.7. The topological polar surface area (TPSA) is 49.3 Å². The highest BCUT2D eigenvalue weighted by Crippen LogP contribution is 2.40. The van der Waals surface area contributed by atoms with Gasteiger partial charge < -0.3 is 10.4 Å². The largest absolute Gasteiger partial charge is 0.481 e. The summed E-state index contributed by atoms with van der Waals surface area (Å²) in [6.07, 6.45) is 7.07. The molecule has 2 unspecified atom stereocenters. The van der Waals surface area contributed by atoms with Gasteiger partial charge in [-0.2, -0.15) is 0 Å². The lowest BCUT2D eigenvalue weighted by atomic mass is 9.70. The van der Waals surface area contributed by atoms with Crippen molar-refractivity contribution >= 4 is 5.97 Å². The minimum Gasteiger partial charge on any atom is -0.481 e. The molecule has 2 rings (SSSR count). The number of rotatable bonds is 2. The molecule has 0 radical (unpaired) electrons. The van der Waals surface area contributed by atoms with Gasteiger partial charge in [0.15, 0.2) is 0 Å². The van der Waals surface area contributed by atoms with Crippen molar-refractivity contribution in [1.82, 2.24) is 5.32 Å². The number of nitrogens with one attached hydrogen (secondary N) is 1. The molecule has 86 valence electrons. The zero-order valence-electron chi connectivity index (χ0n) is 9.46. The molecule has 3 nitrogen and oxygen atoms in total. The summed E-state index contributed by atoms with van der Waals surface area (Å²) in [5.41, 5.74) is -0.147. The summed E-state index contributed by atoms with van der Waals surface area (Å²) in [6.45, 7) is 2.98. The fraction of sp³-hybridized carbons (Fsp3) is 0.917. The van der Waals surface area contributed by atoms with Gasteiger partial charge in [0.1, 0.15) is 0 Å². The van der Waals surface area contributed by atoms with Gasteiger partial charge in [-0.3, -0.25) is 4.79 Å². The van der Waals surface area contributed by atoms with E-state index < -0.39 is 5.97 Å². The van der Waals surface area contributed by atoms with Crippen LogP contribution in [-0.4, -0.2) is 23.2 Å². The van der Waals surface area contributed by atoms with Crippen LogP contribution in [0.4, 0.5) is 0 Å². The Kier molecular flexibility index (Phi) is 3.01. The van der Waals surface area contributed by atoms with Gasteiger partial charge in [-0.15, -0.1) is 0 Å². The Balaban J connectivity index is 2.12. The molecule has 2 fully saturated rings. The normalized spacial score (nSPS) is 38.1. The van der Waals surface area contributed by atoms with Crippen molar-refractivity contribution in [3.05, 3.63) is 0 Å². The lowest BCUT2D eigenvalue weighted by Crippen LogP contribution is -2.51. The van der Waals surface area contributed by atoms with Crippen molar-refractivity contribution < 1.29 is 9.90 Å². The third-order valence-electron chi connectivity index (χ3n) is 4.41. The summed E-state index contributed by atoms with van der Waals surface area (Å²) in [4.78, 5) is 11.2. The molecule has 3 heteroatoms. The first-order chi connectivity index (χ1) is 7.14. The third-order valence-corrected chi connectivity index (χ3v) is 4.41. The number of hydrogen-bond donors (Lipinski definition) is 2. The van der Waals surface area contributed by atoms with Crippen LogP contribution >= 0.6 is 0 Å². The third kappa shape index (κ3) is 1.89. The van der Waals surface area contributed by atoms with E-state index in [4.69, 9.17) is 0 Å². The van der Waals surface area contributed by atoms with E-state index in [-0.39, 0.29) is 11.5 Å². The van der Waals surface area contributed by atoms with E-state index in [1.54, 1.807) is 0 Å². The van der Waals surface area contributed by atoms with E-state index in [2.05, 4.69) is 12.2 Å². The highest BCUT2D eigenvalue weighted by atomic mass is 16.4. The van der Waals surface area contributed by atoms with Crippen LogP contribution in [0.2, 0.25) is 0 Å². The summed E-state index contributed by atoms with van der Waals surface area (Å²) < 4.78 is 0. The minimum atomic E-state index is -0.618. The SMILES string of the molecule is CC1(C2CCCCC2)NCCC1C(=O)O. The van der Waals surface area contributed by atoms with E-state index in [0.29, 0.717) is 5.92 Å². The number of hydrogen-bond acceptors (Lipinski definition) is 2. The fourth-order valence-corrected chi connectivity index (χ4v) is 3.42. The monoisotopic (exact) mass is 211 g/mol. The molecule has 1 saturated carbocycles. The second kappa shape index (κ2) is 4.12. The van der Waals surface area contributed by atoms with Gasteiger partial charge in [-0.1, -0.05) is 19.3 Å². The molecule has 15 heavy (non-hydrogen) atoms. The van der Waals surface area contributed by atoms with Gasteiger partial charge in [-0.25, -0.2) is 0 Å². The fourth-order valence-electron chi connectivity index (χ4n) is 3.42. The predicted molar refractivity (Wildman–Crippen MR) is 58.7 cm³/mol. The standard InChI is InChI=1S/C12H21NO2/c1-12(9-5-3-2-4-6-9)10(11(14)15)7-8-13-12/h9-10,13H,2-8H2,1H3,(H,14,15). The molecule has 1 heterocycles. The van der Waals surface area contributed by atoms with Gasteiger partial charge in [0.25, 0.3) is 0 Å². The summed E-state index contributed by atoms with van der Waals surface area (Å²) in [5.74, 6) is -0.233. The Hall–Kier alpha value is -0.570. The Labute approximate surface area is 91.2 Å². The molecular formula is C12H21NO2. The van der Waals surface area contributed by atoms with Crippen molar-refractivity contribution in [3.8, 4) is 0 Å². The zero-order chi connectivity index (χ0) is 10.9. The van der Waals surface area contributed by atoms with Gasteiger partial charge in [-0.05, 0) is 38.6 Å². The first-order valence-electron chi connectivity index (χ1n) is 6.12. The van der Waals surface area contributed by atoms with Crippen molar-refractivity contribution in [3.63, 3.8) is 0 Å². The Morgan fingerprint density at radius 1 is 1.27 bits per heavy atom. The molecule has 0 aromatic heterocycles. The summed E-state index contributed by atoms with van der Waals surface area (Å²) >= 11 is 0. The number of carboxylic acid groups (broad SMARTS) is 1. The van der Waals surface area contributed by atoms with Crippen LogP contribution in [-0.2, 0) is 4.79 Å². The van der Waals surface area contributed by atoms with Gasteiger partial charge in [0, 0.05) is 5.54 Å². The van der Waals surface area contributed by atoms with Gasteiger partial charge in [0.2, 0.25) is 0 Å². The highest BCUT2D eigenvalue weighted by molar-refractivity contribution is 5.72. The van der Waals surface area contributed by atoms with E-state index in [9.17, 15) is 9.90 Å². The smallest absolute Gasteiger partial charge is 0.308 e. The molecule has 1 aliphatic heterocycles. The lowest BCUT2D eigenvalue weighted by Gasteiger charge is -2.40. The van der Waals surface area contributed by atoms with Crippen LogP contribution in [0.15, 0.2) is 0 Å². The van der Waals surface area contributed by atoms with Crippen molar-refractivity contribution in [1.29, 1.82) is 0 Å². The molecule has 0 aromatic carbocycles. The van der Waals surface area contributed by atoms with Gasteiger partial charge >= 0.3 is 5.97 Å². The molecule has 2 aliphatic rings. The molecule has 2 N–H and O–H groups in total. The molecule has 2 atom stereocenters. The first-order valence-corrected chi connectivity index (χ1v) is 6.12. The lowest BCUT2D eigenvalue weighted by molar-refractivity contribution is -0.144. The minimum absolute atomic E-state index is 0.147. The molecular weight excluding hydrogens is 190 g/mol. The Morgan fingerprint density at radius 2 is 1.93 bits per heavy atom. The molecule has 0 bridgehead atoms. The summed E-state index contributed by atoms with van der Waals surface area (Å²) in [7, 11) is 0. The van der Waals surface area contributed by atoms with Crippen LogP contribution in [0.5, 0.6) is 0 Å². The Morgan fingerprint density at radius 3 is 2.53 bits per heavy atom. The first kappa shape index (κ1) is 10.9. The van der Waals surface area contributed by atoms with Crippen LogP contribution in [0.1, 0.15) is 45.4 Å². The average Bonchev–Trinajstić information content (AvgIpc) is 2.63. The average molecular weight is 211 g/mol. The number of carboxylic acids is 1. The van der Waals surface area contributed by atoms with Crippen LogP contribution in [0, 0.1) is 11.8 Å². The maximum Gasteiger partial charge on any atom is 0.308 e. The second-order valence-corrected chi connectivity index (χ2v) is 5.22. The van der Waals surface area contributed by atoms with Gasteiger partial charge in [0.05, 0.1) is 5.92 Å². The number of aliphatic carboxylic acids is 1. The van der Waals surface area contributed by atoms with Crippen LogP contribution < -0.4 is 5.32 Å². The molecule has 1 aliphatic carbocycles.